The number of hydrogen-bond donors (Lipinski definition) is 1. The van der Waals surface area contributed by atoms with Gasteiger partial charge in [-0.2, -0.15) is 0 Å². The maximum Gasteiger partial charge on any atom is 0.148 e. The Balaban J connectivity index is 2.20. The number of nitrogens with zero attached hydrogens (tertiary/aromatic N) is 2. The van der Waals surface area contributed by atoms with Gasteiger partial charge in [0.05, 0.1) is 5.54 Å². The lowest BCUT2D eigenvalue weighted by atomic mass is 9.93. The zero-order chi connectivity index (χ0) is 12.3. The van der Waals surface area contributed by atoms with E-state index in [0.717, 1.165) is 5.56 Å². The quantitative estimate of drug-likeness (QED) is 0.879. The van der Waals surface area contributed by atoms with Crippen molar-refractivity contribution in [3.05, 3.63) is 59.9 Å². The molecule has 1 aromatic heterocycles. The normalized spacial score (nSPS) is 14.3. The third-order valence-electron chi connectivity index (χ3n) is 2.56. The fraction of sp³-hybridized carbons (Fsp3) is 0.231. The van der Waals surface area contributed by atoms with Gasteiger partial charge in [0.2, 0.25) is 0 Å². The molecular weight excluding hydrogens is 217 g/mol. The Labute approximate surface area is 99.5 Å². The number of benzene rings is 1. The molecule has 3 nitrogen and oxygen atoms in total. The van der Waals surface area contributed by atoms with Crippen LogP contribution >= 0.6 is 0 Å². The van der Waals surface area contributed by atoms with Gasteiger partial charge in [0.1, 0.15) is 11.6 Å². The minimum Gasteiger partial charge on any atom is -0.319 e. The van der Waals surface area contributed by atoms with Crippen LogP contribution < -0.4 is 5.73 Å². The van der Waals surface area contributed by atoms with Gasteiger partial charge in [0.25, 0.3) is 0 Å². The number of nitrogens with two attached hydrogens (primary N) is 1. The molecule has 0 aliphatic heterocycles. The third kappa shape index (κ3) is 2.85. The molecule has 0 amide bonds. The number of aromatic nitrogens is 2. The lowest BCUT2D eigenvalue weighted by Crippen LogP contribution is -2.37. The van der Waals surface area contributed by atoms with E-state index in [9.17, 15) is 4.39 Å². The Hall–Kier alpha value is -1.81. The fourth-order valence-corrected chi connectivity index (χ4v) is 1.70. The fourth-order valence-electron chi connectivity index (χ4n) is 1.70. The van der Waals surface area contributed by atoms with E-state index in [1.807, 2.05) is 6.92 Å². The van der Waals surface area contributed by atoms with Crippen molar-refractivity contribution in [3.63, 3.8) is 0 Å². The largest absolute Gasteiger partial charge is 0.319 e. The molecule has 17 heavy (non-hydrogen) atoms. The van der Waals surface area contributed by atoms with Crippen LogP contribution in [-0.2, 0) is 12.0 Å². The van der Waals surface area contributed by atoms with E-state index in [0.29, 0.717) is 12.2 Å². The van der Waals surface area contributed by atoms with Crippen molar-refractivity contribution in [1.82, 2.24) is 9.97 Å². The summed E-state index contributed by atoms with van der Waals surface area (Å²) in [5, 5.41) is 0. The second-order valence-electron chi connectivity index (χ2n) is 4.29. The van der Waals surface area contributed by atoms with Crippen LogP contribution in [0.4, 0.5) is 4.39 Å². The molecule has 1 aromatic carbocycles. The van der Waals surface area contributed by atoms with E-state index < -0.39 is 5.54 Å². The highest BCUT2D eigenvalue weighted by atomic mass is 19.1. The highest BCUT2D eigenvalue weighted by Gasteiger charge is 2.24. The highest BCUT2D eigenvalue weighted by molar-refractivity contribution is 5.20. The Kier molecular flexibility index (Phi) is 3.15. The van der Waals surface area contributed by atoms with Crippen LogP contribution in [0.2, 0.25) is 0 Å². The van der Waals surface area contributed by atoms with Gasteiger partial charge in [0, 0.05) is 12.4 Å². The monoisotopic (exact) mass is 231 g/mol. The van der Waals surface area contributed by atoms with Crippen molar-refractivity contribution in [2.45, 2.75) is 18.9 Å². The second-order valence-corrected chi connectivity index (χ2v) is 4.29. The van der Waals surface area contributed by atoms with Crippen molar-refractivity contribution in [2.75, 3.05) is 0 Å². The lowest BCUT2D eigenvalue weighted by molar-refractivity contribution is 0.458. The molecule has 0 radical (unpaired) electrons. The zero-order valence-electron chi connectivity index (χ0n) is 9.60. The summed E-state index contributed by atoms with van der Waals surface area (Å²) in [6.45, 7) is 1.87. The zero-order valence-corrected chi connectivity index (χ0v) is 9.60. The van der Waals surface area contributed by atoms with Crippen molar-refractivity contribution < 1.29 is 4.39 Å². The van der Waals surface area contributed by atoms with Crippen molar-refractivity contribution in [3.8, 4) is 0 Å². The summed E-state index contributed by atoms with van der Waals surface area (Å²) in [6, 6.07) is 8.05. The van der Waals surface area contributed by atoms with Gasteiger partial charge in [-0.15, -0.1) is 0 Å². The maximum atomic E-state index is 12.8. The molecular formula is C13H14FN3. The molecule has 1 atom stereocenters. The molecule has 1 unspecified atom stereocenters. The van der Waals surface area contributed by atoms with Gasteiger partial charge in [0.15, 0.2) is 0 Å². The molecule has 1 heterocycles. The second kappa shape index (κ2) is 4.59. The van der Waals surface area contributed by atoms with Gasteiger partial charge in [-0.1, -0.05) is 12.1 Å². The van der Waals surface area contributed by atoms with Crippen LogP contribution in [0.25, 0.3) is 0 Å². The average molecular weight is 231 g/mol. The van der Waals surface area contributed by atoms with Crippen LogP contribution in [0.1, 0.15) is 18.3 Å². The van der Waals surface area contributed by atoms with E-state index in [1.165, 1.54) is 12.1 Å². The minimum atomic E-state index is -0.654. The van der Waals surface area contributed by atoms with Crippen LogP contribution in [0, 0.1) is 5.82 Å². The summed E-state index contributed by atoms with van der Waals surface area (Å²) in [4.78, 5) is 8.31. The Morgan fingerprint density at radius 2 is 1.76 bits per heavy atom. The highest BCUT2D eigenvalue weighted by Crippen LogP contribution is 2.19. The Morgan fingerprint density at radius 1 is 1.18 bits per heavy atom. The molecule has 0 aliphatic rings. The minimum absolute atomic E-state index is 0.247. The first-order chi connectivity index (χ1) is 8.08. The summed E-state index contributed by atoms with van der Waals surface area (Å²) >= 11 is 0. The van der Waals surface area contributed by atoms with E-state index in [4.69, 9.17) is 5.73 Å². The van der Waals surface area contributed by atoms with Gasteiger partial charge in [-0.3, -0.25) is 0 Å². The molecule has 2 N–H and O–H groups in total. The van der Waals surface area contributed by atoms with E-state index in [-0.39, 0.29) is 5.82 Å². The molecule has 0 saturated carbocycles. The molecule has 0 fully saturated rings. The number of rotatable bonds is 3. The van der Waals surface area contributed by atoms with Gasteiger partial charge < -0.3 is 5.73 Å². The van der Waals surface area contributed by atoms with E-state index in [1.54, 1.807) is 30.6 Å². The molecule has 0 bridgehead atoms. The van der Waals surface area contributed by atoms with Crippen molar-refractivity contribution in [2.24, 2.45) is 5.73 Å². The van der Waals surface area contributed by atoms with Gasteiger partial charge in [-0.25, -0.2) is 14.4 Å². The summed E-state index contributed by atoms with van der Waals surface area (Å²) in [6.07, 6.45) is 3.90. The van der Waals surface area contributed by atoms with Crippen molar-refractivity contribution >= 4 is 0 Å². The Morgan fingerprint density at radius 3 is 2.35 bits per heavy atom. The topological polar surface area (TPSA) is 51.8 Å². The first-order valence-corrected chi connectivity index (χ1v) is 5.39. The first kappa shape index (κ1) is 11.7. The Bertz CT molecular complexity index is 480. The van der Waals surface area contributed by atoms with Gasteiger partial charge in [-0.05, 0) is 37.1 Å². The van der Waals surface area contributed by atoms with Crippen LogP contribution in [-0.4, -0.2) is 9.97 Å². The van der Waals surface area contributed by atoms with E-state index in [2.05, 4.69) is 9.97 Å². The molecule has 0 aliphatic carbocycles. The molecule has 88 valence electrons. The molecule has 0 saturated heterocycles. The third-order valence-corrected chi connectivity index (χ3v) is 2.56. The molecule has 2 aromatic rings. The average Bonchev–Trinajstić information content (AvgIpc) is 2.33. The first-order valence-electron chi connectivity index (χ1n) is 5.39. The summed E-state index contributed by atoms with van der Waals surface area (Å²) in [5.41, 5.74) is 6.50. The smallest absolute Gasteiger partial charge is 0.148 e. The van der Waals surface area contributed by atoms with Crippen LogP contribution in [0.3, 0.4) is 0 Å². The van der Waals surface area contributed by atoms with Gasteiger partial charge >= 0.3 is 0 Å². The van der Waals surface area contributed by atoms with Crippen LogP contribution in [0.5, 0.6) is 0 Å². The van der Waals surface area contributed by atoms with Crippen molar-refractivity contribution in [1.29, 1.82) is 0 Å². The summed E-state index contributed by atoms with van der Waals surface area (Å²) in [7, 11) is 0. The number of halogens is 1. The molecule has 0 spiro atoms. The number of hydrogen-bond acceptors (Lipinski definition) is 3. The summed E-state index contributed by atoms with van der Waals surface area (Å²) < 4.78 is 12.8. The van der Waals surface area contributed by atoms with Crippen LogP contribution in [0.15, 0.2) is 42.7 Å². The standard InChI is InChI=1S/C13H14FN3/c1-13(15,12-16-7-2-8-17-12)9-10-3-5-11(14)6-4-10/h2-8H,9,15H2,1H3. The predicted octanol–water partition coefficient (Wildman–Crippen LogP) is 2.03. The molecule has 2 rings (SSSR count). The maximum absolute atomic E-state index is 12.8. The SMILES string of the molecule is CC(N)(Cc1ccc(F)cc1)c1ncccn1. The van der Waals surface area contributed by atoms with E-state index >= 15 is 0 Å². The predicted molar refractivity (Wildman–Crippen MR) is 63.7 cm³/mol. The summed E-state index contributed by atoms with van der Waals surface area (Å²) in [5.74, 6) is 0.341. The molecule has 4 heteroatoms. The lowest BCUT2D eigenvalue weighted by Gasteiger charge is -2.22.